The highest BCUT2D eigenvalue weighted by atomic mass is 19.2. The Bertz CT molecular complexity index is 1750. The first-order chi connectivity index (χ1) is 30.8. The molecule has 360 valence electrons. The fraction of sp³-hybridized carbons (Fsp3) is 0.585. The first kappa shape index (κ1) is 53.8. The Morgan fingerprint density at radius 1 is 0.828 bits per heavy atom. The highest BCUT2D eigenvalue weighted by Gasteiger charge is 2.30. The number of nitrogens with zero attached hydrogens (tertiary/aromatic N) is 3. The van der Waals surface area contributed by atoms with Crippen LogP contribution in [-0.2, 0) is 23.7 Å². The lowest BCUT2D eigenvalue weighted by atomic mass is 9.90. The van der Waals surface area contributed by atoms with Gasteiger partial charge in [0, 0.05) is 31.3 Å². The highest BCUT2D eigenvalue weighted by molar-refractivity contribution is 6.30. The number of allylic oxidation sites excluding steroid dienone is 1. The molecule has 18 nitrogen and oxygen atoms in total. The second-order valence-electron chi connectivity index (χ2n) is 14.3. The van der Waals surface area contributed by atoms with Crippen molar-refractivity contribution < 1.29 is 80.9 Å². The molecule has 1 saturated carbocycles. The summed E-state index contributed by atoms with van der Waals surface area (Å²) in [5, 5.41) is 53.7. The molecule has 3 atom stereocenters. The maximum absolute atomic E-state index is 14.1. The van der Waals surface area contributed by atoms with Crippen LogP contribution in [0.25, 0.3) is 0 Å². The fourth-order valence-corrected chi connectivity index (χ4v) is 5.76. The van der Waals surface area contributed by atoms with Crippen molar-refractivity contribution in [2.24, 2.45) is 15.9 Å². The number of nitrogens with two attached hydrogens (primary N) is 1. The number of halogens is 5. The molecule has 2 aromatic rings. The zero-order valence-corrected chi connectivity index (χ0v) is 35.4. The van der Waals surface area contributed by atoms with Gasteiger partial charge in [0.1, 0.15) is 17.6 Å². The van der Waals surface area contributed by atoms with Crippen molar-refractivity contribution in [3.05, 3.63) is 64.7 Å². The van der Waals surface area contributed by atoms with Crippen LogP contribution in [0.3, 0.4) is 0 Å². The van der Waals surface area contributed by atoms with E-state index in [-0.39, 0.29) is 68.3 Å². The van der Waals surface area contributed by atoms with E-state index in [1.54, 1.807) is 18.3 Å². The van der Waals surface area contributed by atoms with Gasteiger partial charge in [0.05, 0.1) is 90.5 Å². The first-order valence-electron chi connectivity index (χ1n) is 20.7. The Hall–Kier alpha value is -4.56. The van der Waals surface area contributed by atoms with Gasteiger partial charge in [0.25, 0.3) is 0 Å². The minimum atomic E-state index is -2.24. The van der Waals surface area contributed by atoms with Crippen molar-refractivity contribution in [2.45, 2.75) is 76.1 Å². The molecule has 2 fully saturated rings. The quantitative estimate of drug-likeness (QED) is 0.00696. The zero-order valence-electron chi connectivity index (χ0n) is 35.4. The Balaban J connectivity index is 0.000000715. The number of aliphatic imine (C=N–C) groups is 1. The number of hydrogen-bond acceptors (Lipinski definition) is 16. The SMILES string of the molecule is N/N=C(\C=NCCOCCOCCOCCOCCC(Oc1c(F)c(F)c(F)c(F)c1F)=C1CCC1)CCCCNC(=O)Nc1ccc(O)cc1.OC1COC(CCN(O)O)CC1O. The Morgan fingerprint density at radius 3 is 1.98 bits per heavy atom. The summed E-state index contributed by atoms with van der Waals surface area (Å²) in [6, 6.07) is 5.83. The smallest absolute Gasteiger partial charge is 0.319 e. The number of hydrazone groups is 1. The number of aromatic hydroxyl groups is 1. The average molecular weight is 923 g/mol. The van der Waals surface area contributed by atoms with E-state index in [0.717, 1.165) is 24.8 Å². The predicted octanol–water partition coefficient (Wildman–Crippen LogP) is 4.71. The van der Waals surface area contributed by atoms with Crippen LogP contribution in [0.15, 0.2) is 45.7 Å². The van der Waals surface area contributed by atoms with E-state index in [2.05, 4.69) is 20.7 Å². The molecule has 0 spiro atoms. The van der Waals surface area contributed by atoms with Crippen LogP contribution in [-0.4, -0.2) is 146 Å². The number of phenolic OH excluding ortho intramolecular Hbond substituents is 1. The summed E-state index contributed by atoms with van der Waals surface area (Å²) in [6.45, 7) is 3.39. The van der Waals surface area contributed by atoms with Gasteiger partial charge in [-0.25, -0.2) is 18.0 Å². The molecule has 1 heterocycles. The minimum Gasteiger partial charge on any atom is -0.508 e. The van der Waals surface area contributed by atoms with Gasteiger partial charge in [0.15, 0.2) is 0 Å². The second kappa shape index (κ2) is 30.6. The number of benzene rings is 2. The molecular weight excluding hydrogens is 863 g/mol. The summed E-state index contributed by atoms with van der Waals surface area (Å²) in [7, 11) is 0. The van der Waals surface area contributed by atoms with E-state index in [1.807, 2.05) is 0 Å². The number of carbonyl (C=O) groups excluding carboxylic acids is 1. The number of unbranched alkanes of at least 4 members (excludes halogenated alkanes) is 1. The van der Waals surface area contributed by atoms with Crippen molar-refractivity contribution in [1.29, 1.82) is 0 Å². The normalized spacial score (nSPS) is 17.6. The number of urea groups is 1. The predicted molar refractivity (Wildman–Crippen MR) is 221 cm³/mol. The van der Waals surface area contributed by atoms with E-state index in [9.17, 15) is 37.0 Å². The maximum Gasteiger partial charge on any atom is 0.319 e. The summed E-state index contributed by atoms with van der Waals surface area (Å²) in [5.41, 5.74) is 1.95. The molecule has 0 bridgehead atoms. The number of anilines is 1. The fourth-order valence-electron chi connectivity index (χ4n) is 5.76. The average Bonchev–Trinajstić information content (AvgIpc) is 3.26. The molecule has 1 saturated heterocycles. The topological polar surface area (TPSA) is 252 Å². The number of amides is 2. The summed E-state index contributed by atoms with van der Waals surface area (Å²) in [5.74, 6) is -6.02. The third-order valence-corrected chi connectivity index (χ3v) is 9.48. The molecule has 2 aromatic carbocycles. The molecule has 1 aliphatic heterocycles. The largest absolute Gasteiger partial charge is 0.508 e. The lowest BCUT2D eigenvalue weighted by Crippen LogP contribution is -2.42. The number of ether oxygens (including phenoxy) is 6. The molecule has 3 unspecified atom stereocenters. The first-order valence-corrected chi connectivity index (χ1v) is 20.7. The van der Waals surface area contributed by atoms with Gasteiger partial charge in [-0.1, -0.05) is 5.23 Å². The Labute approximate surface area is 367 Å². The third kappa shape index (κ3) is 20.5. The molecule has 2 aliphatic rings. The summed E-state index contributed by atoms with van der Waals surface area (Å²) in [6.07, 6.45) is 4.74. The minimum absolute atomic E-state index is 0.0630. The summed E-state index contributed by atoms with van der Waals surface area (Å²) in [4.78, 5) is 16.2. The van der Waals surface area contributed by atoms with Crippen LogP contribution in [0.5, 0.6) is 11.5 Å². The van der Waals surface area contributed by atoms with Crippen molar-refractivity contribution >= 4 is 23.6 Å². The number of phenols is 1. The number of aliphatic hydroxyl groups excluding tert-OH is 2. The van der Waals surface area contributed by atoms with Gasteiger partial charge >= 0.3 is 6.03 Å². The number of hydrogen-bond donors (Lipinski definition) is 8. The van der Waals surface area contributed by atoms with Crippen molar-refractivity contribution in [1.82, 2.24) is 10.5 Å². The molecular formula is C41H59F5N6O12. The Kier molecular flexibility index (Phi) is 25.7. The van der Waals surface area contributed by atoms with Gasteiger partial charge in [-0.2, -0.15) is 13.9 Å². The van der Waals surface area contributed by atoms with Crippen LogP contribution in [0.1, 0.15) is 57.8 Å². The Morgan fingerprint density at radius 2 is 1.42 bits per heavy atom. The molecule has 4 rings (SSSR count). The van der Waals surface area contributed by atoms with Crippen molar-refractivity contribution in [3.63, 3.8) is 0 Å². The molecule has 23 heteroatoms. The molecule has 1 aliphatic carbocycles. The van der Waals surface area contributed by atoms with Crippen molar-refractivity contribution in [3.8, 4) is 11.5 Å². The summed E-state index contributed by atoms with van der Waals surface area (Å²) < 4.78 is 101. The highest BCUT2D eigenvalue weighted by Crippen LogP contribution is 2.35. The van der Waals surface area contributed by atoms with E-state index < -0.39 is 47.0 Å². The lowest BCUT2D eigenvalue weighted by Gasteiger charge is -2.30. The maximum atomic E-state index is 14.1. The van der Waals surface area contributed by atoms with Crippen LogP contribution >= 0.6 is 0 Å². The molecule has 2 amide bonds. The number of hydroxylamine groups is 2. The van der Waals surface area contributed by atoms with E-state index in [1.165, 1.54) is 12.1 Å². The van der Waals surface area contributed by atoms with Crippen LogP contribution in [0.2, 0.25) is 0 Å². The van der Waals surface area contributed by atoms with Crippen LogP contribution in [0.4, 0.5) is 32.4 Å². The van der Waals surface area contributed by atoms with Gasteiger partial charge in [0.2, 0.25) is 34.8 Å². The van der Waals surface area contributed by atoms with E-state index in [4.69, 9.17) is 49.8 Å². The standard InChI is InChI=1S/C34H44F5N5O7.C7H15NO5/c35-28-29(36)31(38)33(32(39)30(28)37)51-27(23-4-3-5-23)11-14-47-16-18-49-20-21-50-19-17-48-15-13-41-22-25(44-40)6-1-2-12-42-34(46)43-24-7-9-26(45)10-8-24;9-6-3-5(1-2-8(11)12)13-4-7(6)10/h7-10,22,45H,1-6,11-21,40H2,(H2,42,43,46);5-7,9-12H,1-4H2/b41-22?,44-25-;. The van der Waals surface area contributed by atoms with Gasteiger partial charge in [-0.05, 0) is 74.8 Å². The van der Waals surface area contributed by atoms with Crippen LogP contribution in [0, 0.1) is 29.1 Å². The molecule has 0 radical (unpaired) electrons. The number of aliphatic hydroxyl groups is 2. The number of nitrogens with one attached hydrogen (secondary N) is 2. The monoisotopic (exact) mass is 922 g/mol. The summed E-state index contributed by atoms with van der Waals surface area (Å²) >= 11 is 0. The van der Waals surface area contributed by atoms with Gasteiger partial charge in [-0.3, -0.25) is 15.4 Å². The second-order valence-corrected chi connectivity index (χ2v) is 14.3. The number of rotatable bonds is 27. The zero-order chi connectivity index (χ0) is 46.7. The number of carbonyl (C=O) groups is 1. The molecule has 9 N–H and O–H groups in total. The van der Waals surface area contributed by atoms with Crippen molar-refractivity contribution in [2.75, 3.05) is 84.4 Å². The molecule has 64 heavy (non-hydrogen) atoms. The van der Waals surface area contributed by atoms with Gasteiger partial charge in [-0.15, -0.1) is 0 Å². The lowest BCUT2D eigenvalue weighted by molar-refractivity contribution is -0.309. The van der Waals surface area contributed by atoms with Gasteiger partial charge < -0.3 is 60.2 Å². The molecule has 0 aromatic heterocycles. The van der Waals surface area contributed by atoms with E-state index >= 15 is 0 Å². The van der Waals surface area contributed by atoms with Crippen LogP contribution < -0.4 is 21.2 Å². The third-order valence-electron chi connectivity index (χ3n) is 9.48. The van der Waals surface area contributed by atoms with E-state index in [0.29, 0.717) is 89.6 Å².